The van der Waals surface area contributed by atoms with E-state index < -0.39 is 0 Å². The van der Waals surface area contributed by atoms with Crippen LogP contribution in [0.4, 0.5) is 0 Å². The molecule has 1 aliphatic rings. The SMILES string of the molecule is CC(=N)N(C(=N)CCCCCCCCCN)C(C)CC1CCC(C)N1. The van der Waals surface area contributed by atoms with Crippen molar-refractivity contribution in [2.45, 2.75) is 110 Å². The van der Waals surface area contributed by atoms with Crippen molar-refractivity contribution in [2.75, 3.05) is 6.54 Å². The second-order valence-corrected chi connectivity index (χ2v) is 7.84. The number of nitrogens with two attached hydrogens (primary N) is 1. The first kappa shape index (κ1) is 22.1. The molecular formula is C20H41N5. The van der Waals surface area contributed by atoms with Gasteiger partial charge in [0.2, 0.25) is 0 Å². The minimum absolute atomic E-state index is 0.226. The van der Waals surface area contributed by atoms with Gasteiger partial charge in [-0.2, -0.15) is 0 Å². The predicted octanol–water partition coefficient (Wildman–Crippen LogP) is 4.26. The summed E-state index contributed by atoms with van der Waals surface area (Å²) >= 11 is 0. The number of amidine groups is 2. The van der Waals surface area contributed by atoms with Gasteiger partial charge < -0.3 is 16.0 Å². The molecule has 1 fully saturated rings. The van der Waals surface area contributed by atoms with Crippen LogP contribution in [0.3, 0.4) is 0 Å². The summed E-state index contributed by atoms with van der Waals surface area (Å²) in [5.41, 5.74) is 5.51. The third-order valence-corrected chi connectivity index (χ3v) is 5.30. The second-order valence-electron chi connectivity index (χ2n) is 7.84. The lowest BCUT2D eigenvalue weighted by molar-refractivity contribution is 0.371. The van der Waals surface area contributed by atoms with E-state index in [0.29, 0.717) is 23.8 Å². The molecule has 3 atom stereocenters. The highest BCUT2D eigenvalue weighted by Crippen LogP contribution is 2.20. The van der Waals surface area contributed by atoms with Crippen LogP contribution in [0.1, 0.15) is 91.4 Å². The first-order chi connectivity index (χ1) is 12.0. The average molecular weight is 352 g/mol. The van der Waals surface area contributed by atoms with E-state index in [1.165, 1.54) is 44.9 Å². The molecule has 0 bridgehead atoms. The summed E-state index contributed by atoms with van der Waals surface area (Å²) in [6, 6.07) is 1.37. The molecule has 5 heteroatoms. The summed E-state index contributed by atoms with van der Waals surface area (Å²) in [7, 11) is 0. The Morgan fingerprint density at radius 3 is 2.20 bits per heavy atom. The zero-order valence-corrected chi connectivity index (χ0v) is 16.7. The first-order valence-corrected chi connectivity index (χ1v) is 10.3. The van der Waals surface area contributed by atoms with E-state index in [1.54, 1.807) is 0 Å². The third-order valence-electron chi connectivity index (χ3n) is 5.30. The van der Waals surface area contributed by atoms with Crippen molar-refractivity contribution in [2.24, 2.45) is 5.73 Å². The minimum Gasteiger partial charge on any atom is -0.330 e. The molecule has 0 aromatic heterocycles. The van der Waals surface area contributed by atoms with Gasteiger partial charge in [-0.1, -0.05) is 32.1 Å². The van der Waals surface area contributed by atoms with Gasteiger partial charge in [0.1, 0.15) is 5.84 Å². The Morgan fingerprint density at radius 2 is 1.68 bits per heavy atom. The molecule has 1 heterocycles. The lowest BCUT2D eigenvalue weighted by Gasteiger charge is -2.32. The maximum absolute atomic E-state index is 8.44. The van der Waals surface area contributed by atoms with Crippen LogP contribution in [0.2, 0.25) is 0 Å². The van der Waals surface area contributed by atoms with E-state index in [1.807, 2.05) is 11.8 Å². The topological polar surface area (TPSA) is 89.0 Å². The van der Waals surface area contributed by atoms with Crippen molar-refractivity contribution in [1.82, 2.24) is 10.2 Å². The van der Waals surface area contributed by atoms with E-state index in [-0.39, 0.29) is 6.04 Å². The van der Waals surface area contributed by atoms with Gasteiger partial charge in [-0.15, -0.1) is 0 Å². The number of unbranched alkanes of at least 4 members (excludes halogenated alkanes) is 6. The molecule has 1 aliphatic heterocycles. The standard InChI is InChI=1S/C20H41N5/c1-16-12-13-19(24-16)15-17(2)25(18(3)22)20(23)11-9-7-5-4-6-8-10-14-21/h16-17,19,22-24H,4-15,21H2,1-3H3. The van der Waals surface area contributed by atoms with Crippen LogP contribution in [0.15, 0.2) is 0 Å². The Bertz CT molecular complexity index is 396. The van der Waals surface area contributed by atoms with Crippen molar-refractivity contribution in [3.63, 3.8) is 0 Å². The van der Waals surface area contributed by atoms with E-state index in [4.69, 9.17) is 16.6 Å². The molecule has 1 saturated heterocycles. The molecule has 0 spiro atoms. The van der Waals surface area contributed by atoms with Crippen LogP contribution in [-0.4, -0.2) is 41.2 Å². The fourth-order valence-electron chi connectivity index (χ4n) is 3.96. The molecule has 25 heavy (non-hydrogen) atoms. The summed E-state index contributed by atoms with van der Waals surface area (Å²) in [4.78, 5) is 1.94. The van der Waals surface area contributed by atoms with Crippen molar-refractivity contribution in [3.05, 3.63) is 0 Å². The van der Waals surface area contributed by atoms with Crippen molar-refractivity contribution in [3.8, 4) is 0 Å². The number of nitrogens with zero attached hydrogens (tertiary/aromatic N) is 1. The third kappa shape index (κ3) is 8.82. The first-order valence-electron chi connectivity index (χ1n) is 10.3. The van der Waals surface area contributed by atoms with Crippen molar-refractivity contribution in [1.29, 1.82) is 10.8 Å². The Labute approximate surface area is 155 Å². The van der Waals surface area contributed by atoms with Gasteiger partial charge in [-0.05, 0) is 59.4 Å². The Balaban J connectivity index is 2.27. The summed E-state index contributed by atoms with van der Waals surface area (Å²) in [6.07, 6.45) is 12.7. The van der Waals surface area contributed by atoms with Gasteiger partial charge in [0.05, 0.1) is 5.84 Å². The number of hydrogen-bond acceptors (Lipinski definition) is 4. The summed E-state index contributed by atoms with van der Waals surface area (Å²) in [5, 5.41) is 20.2. The van der Waals surface area contributed by atoms with Gasteiger partial charge in [0, 0.05) is 24.5 Å². The fraction of sp³-hybridized carbons (Fsp3) is 0.900. The Hall–Kier alpha value is -0.940. The molecule has 0 amide bonds. The summed E-state index contributed by atoms with van der Waals surface area (Å²) in [5.74, 6) is 1.12. The highest BCUT2D eigenvalue weighted by Gasteiger charge is 2.26. The molecule has 0 aliphatic carbocycles. The van der Waals surface area contributed by atoms with E-state index >= 15 is 0 Å². The predicted molar refractivity (Wildman–Crippen MR) is 109 cm³/mol. The number of nitrogens with one attached hydrogen (secondary N) is 3. The molecule has 0 saturated carbocycles. The van der Waals surface area contributed by atoms with Crippen LogP contribution in [-0.2, 0) is 0 Å². The van der Waals surface area contributed by atoms with Crippen LogP contribution in [0, 0.1) is 10.8 Å². The Kier molecular flexibility index (Phi) is 11.0. The largest absolute Gasteiger partial charge is 0.330 e. The number of hydrogen-bond donors (Lipinski definition) is 4. The fourth-order valence-corrected chi connectivity index (χ4v) is 3.96. The van der Waals surface area contributed by atoms with Crippen molar-refractivity contribution >= 4 is 11.7 Å². The van der Waals surface area contributed by atoms with E-state index in [2.05, 4.69) is 19.2 Å². The maximum Gasteiger partial charge on any atom is 0.101 e. The highest BCUT2D eigenvalue weighted by atomic mass is 15.2. The maximum atomic E-state index is 8.44. The van der Waals surface area contributed by atoms with E-state index in [0.717, 1.165) is 32.2 Å². The lowest BCUT2D eigenvalue weighted by Crippen LogP contribution is -2.44. The van der Waals surface area contributed by atoms with Gasteiger partial charge >= 0.3 is 0 Å². The average Bonchev–Trinajstić information content (AvgIpc) is 2.94. The molecule has 5 nitrogen and oxygen atoms in total. The van der Waals surface area contributed by atoms with Crippen LogP contribution >= 0.6 is 0 Å². The van der Waals surface area contributed by atoms with Gasteiger partial charge in [0.25, 0.3) is 0 Å². The molecule has 146 valence electrons. The van der Waals surface area contributed by atoms with Gasteiger partial charge in [-0.3, -0.25) is 10.8 Å². The van der Waals surface area contributed by atoms with Gasteiger partial charge in [-0.25, -0.2) is 0 Å². The minimum atomic E-state index is 0.226. The second kappa shape index (κ2) is 12.4. The van der Waals surface area contributed by atoms with Gasteiger partial charge in [0.15, 0.2) is 0 Å². The molecule has 5 N–H and O–H groups in total. The Morgan fingerprint density at radius 1 is 1.08 bits per heavy atom. The molecule has 1 rings (SSSR count). The zero-order chi connectivity index (χ0) is 18.7. The van der Waals surface area contributed by atoms with Crippen LogP contribution < -0.4 is 11.1 Å². The normalized spacial score (nSPS) is 21.3. The summed E-state index contributed by atoms with van der Waals surface area (Å²) < 4.78 is 0. The van der Waals surface area contributed by atoms with Crippen LogP contribution in [0.25, 0.3) is 0 Å². The summed E-state index contributed by atoms with van der Waals surface area (Å²) in [6.45, 7) is 7.02. The molecule has 0 aromatic carbocycles. The highest BCUT2D eigenvalue weighted by molar-refractivity contribution is 5.97. The molecule has 3 unspecified atom stereocenters. The smallest absolute Gasteiger partial charge is 0.101 e. The number of rotatable bonds is 12. The van der Waals surface area contributed by atoms with E-state index in [9.17, 15) is 0 Å². The molecular weight excluding hydrogens is 310 g/mol. The molecule has 0 aromatic rings. The van der Waals surface area contributed by atoms with Crippen molar-refractivity contribution < 1.29 is 0 Å². The molecule has 0 radical (unpaired) electrons. The van der Waals surface area contributed by atoms with Crippen LogP contribution in [0.5, 0.6) is 0 Å². The quantitative estimate of drug-likeness (QED) is 0.240. The lowest BCUT2D eigenvalue weighted by atomic mass is 10.0. The zero-order valence-electron chi connectivity index (χ0n) is 16.7. The monoisotopic (exact) mass is 351 g/mol.